The van der Waals surface area contributed by atoms with Gasteiger partial charge in [-0.1, -0.05) is 24.8 Å². The summed E-state index contributed by atoms with van der Waals surface area (Å²) in [6.07, 6.45) is 8.87. The molecule has 150 valence electrons. The molecule has 0 saturated carbocycles. The van der Waals surface area contributed by atoms with Gasteiger partial charge >= 0.3 is 0 Å². The number of nitrogens with zero attached hydrogens (tertiary/aromatic N) is 2. The normalized spacial score (nSPS) is 13.4. The van der Waals surface area contributed by atoms with Crippen LogP contribution in [-0.2, 0) is 17.6 Å². The lowest BCUT2D eigenvalue weighted by Gasteiger charge is -2.22. The van der Waals surface area contributed by atoms with E-state index in [1.54, 1.807) is 37.9 Å². The van der Waals surface area contributed by atoms with Gasteiger partial charge in [-0.05, 0) is 56.7 Å². The third-order valence-electron chi connectivity index (χ3n) is 4.84. The molecule has 29 heavy (non-hydrogen) atoms. The predicted octanol–water partition coefficient (Wildman–Crippen LogP) is 5.05. The van der Waals surface area contributed by atoms with Crippen molar-refractivity contribution in [3.05, 3.63) is 65.5 Å². The number of carbonyl (C=O) groups excluding carboxylic acids is 1. The zero-order valence-corrected chi connectivity index (χ0v) is 18.0. The van der Waals surface area contributed by atoms with Crippen molar-refractivity contribution in [3.63, 3.8) is 0 Å². The van der Waals surface area contributed by atoms with Gasteiger partial charge in [-0.2, -0.15) is 0 Å². The molecule has 1 N–H and O–H groups in total. The Morgan fingerprint density at radius 2 is 2.10 bits per heavy atom. The number of amides is 1. The van der Waals surface area contributed by atoms with E-state index in [1.165, 1.54) is 5.56 Å². The molecular weight excluding hydrogens is 382 g/mol. The van der Waals surface area contributed by atoms with Crippen LogP contribution in [-0.4, -0.2) is 29.2 Å². The minimum atomic E-state index is -0.210. The molecule has 1 aromatic heterocycles. The Morgan fingerprint density at radius 3 is 2.76 bits per heavy atom. The number of benzene rings is 1. The molecule has 0 fully saturated rings. The number of carbonyl (C=O) groups is 1. The molecule has 0 spiro atoms. The molecule has 1 amide bonds. The first-order valence-corrected chi connectivity index (χ1v) is 10.6. The van der Waals surface area contributed by atoms with Crippen molar-refractivity contribution in [2.24, 2.45) is 0 Å². The molecule has 2 aromatic rings. The fourth-order valence-electron chi connectivity index (χ4n) is 3.32. The molecule has 0 aliphatic heterocycles. The Bertz CT molecular complexity index is 1030. The lowest BCUT2D eigenvalue weighted by atomic mass is 9.91. The quantitative estimate of drug-likeness (QED) is 0.536. The van der Waals surface area contributed by atoms with Gasteiger partial charge in [0, 0.05) is 16.0 Å². The number of aryl methyl sites for hydroxylation is 2. The van der Waals surface area contributed by atoms with Crippen molar-refractivity contribution in [1.29, 1.82) is 0 Å². The maximum Gasteiger partial charge on any atom is 0.252 e. The van der Waals surface area contributed by atoms with E-state index in [4.69, 9.17) is 14.7 Å². The molecule has 0 radical (unpaired) electrons. The van der Waals surface area contributed by atoms with Crippen molar-refractivity contribution < 1.29 is 9.53 Å². The zero-order chi connectivity index (χ0) is 21.0. The van der Waals surface area contributed by atoms with E-state index in [9.17, 15) is 4.79 Å². The second kappa shape index (κ2) is 9.09. The number of fused-ring (bicyclic) bond motifs is 3. The maximum atomic E-state index is 12.6. The van der Waals surface area contributed by atoms with Crippen LogP contribution in [0.3, 0.4) is 0 Å². The van der Waals surface area contributed by atoms with Gasteiger partial charge in [-0.15, -0.1) is 11.8 Å². The molecule has 0 atom stereocenters. The van der Waals surface area contributed by atoms with Crippen LogP contribution in [0.1, 0.15) is 30.8 Å². The minimum Gasteiger partial charge on any atom is -0.497 e. The first kappa shape index (κ1) is 20.9. The van der Waals surface area contributed by atoms with Gasteiger partial charge in [-0.25, -0.2) is 9.97 Å². The van der Waals surface area contributed by atoms with Gasteiger partial charge in [0.2, 0.25) is 0 Å². The number of nitrogens with one attached hydrogen (secondary N) is 1. The molecule has 1 aromatic carbocycles. The number of thioether (sulfide) groups is 1. The molecule has 0 unspecified atom stereocenters. The van der Waals surface area contributed by atoms with Gasteiger partial charge in [0.15, 0.2) is 5.82 Å². The highest BCUT2D eigenvalue weighted by molar-refractivity contribution is 8.07. The van der Waals surface area contributed by atoms with E-state index in [0.717, 1.165) is 40.4 Å². The zero-order valence-electron chi connectivity index (χ0n) is 17.2. The van der Waals surface area contributed by atoms with Crippen LogP contribution in [0.4, 0.5) is 5.82 Å². The molecule has 1 heterocycles. The first-order valence-electron chi connectivity index (χ1n) is 9.41. The SMILES string of the molecule is C=C/C=C(\C)C(=O)Nc1nc2c(nc1/C(=C/C)SC)-c1ccc(OC)cc1CC2. The summed E-state index contributed by atoms with van der Waals surface area (Å²) in [7, 11) is 1.67. The summed E-state index contributed by atoms with van der Waals surface area (Å²) in [5, 5.41) is 2.93. The smallest absolute Gasteiger partial charge is 0.252 e. The number of aromatic nitrogens is 2. The average molecular weight is 408 g/mol. The van der Waals surface area contributed by atoms with Crippen molar-refractivity contribution in [2.75, 3.05) is 18.7 Å². The molecule has 5 nitrogen and oxygen atoms in total. The van der Waals surface area contributed by atoms with Gasteiger partial charge in [0.25, 0.3) is 5.91 Å². The third kappa shape index (κ3) is 4.27. The first-order chi connectivity index (χ1) is 14.0. The molecule has 6 heteroatoms. The number of rotatable bonds is 6. The van der Waals surface area contributed by atoms with Gasteiger partial charge in [-0.3, -0.25) is 4.79 Å². The van der Waals surface area contributed by atoms with Crippen molar-refractivity contribution in [2.45, 2.75) is 26.7 Å². The number of anilines is 1. The van der Waals surface area contributed by atoms with Crippen LogP contribution in [0.25, 0.3) is 16.2 Å². The van der Waals surface area contributed by atoms with E-state index in [1.807, 2.05) is 31.4 Å². The Morgan fingerprint density at radius 1 is 1.31 bits per heavy atom. The van der Waals surface area contributed by atoms with E-state index in [0.29, 0.717) is 17.1 Å². The summed E-state index contributed by atoms with van der Waals surface area (Å²) >= 11 is 1.58. The number of allylic oxidation sites excluding steroid dienone is 3. The van der Waals surface area contributed by atoms with Crippen molar-refractivity contribution >= 4 is 28.4 Å². The van der Waals surface area contributed by atoms with E-state index in [2.05, 4.69) is 18.0 Å². The summed E-state index contributed by atoms with van der Waals surface area (Å²) in [5.41, 5.74) is 5.27. The third-order valence-corrected chi connectivity index (χ3v) is 5.71. The van der Waals surface area contributed by atoms with Crippen LogP contribution < -0.4 is 10.1 Å². The molecule has 1 aliphatic carbocycles. The molecular formula is C23H25N3O2S. The standard InChI is InChI=1S/C23H25N3O2S/c1-6-8-14(3)23(27)26-22-21(19(7-2)29-5)25-20-17-11-10-16(28-4)13-15(17)9-12-18(20)24-22/h6-8,10-11,13H,1,9,12H2,2-5H3,(H,24,26,27)/b14-8+,19-7-. The molecule has 1 aliphatic rings. The summed E-state index contributed by atoms with van der Waals surface area (Å²) in [6.45, 7) is 7.35. The monoisotopic (exact) mass is 407 g/mol. The molecule has 3 rings (SSSR count). The Balaban J connectivity index is 2.13. The number of hydrogen-bond acceptors (Lipinski definition) is 5. The lowest BCUT2D eigenvalue weighted by Crippen LogP contribution is -2.18. The Labute approximate surface area is 176 Å². The largest absolute Gasteiger partial charge is 0.497 e. The van der Waals surface area contributed by atoms with Crippen molar-refractivity contribution in [1.82, 2.24) is 9.97 Å². The highest BCUT2D eigenvalue weighted by Crippen LogP contribution is 2.37. The highest BCUT2D eigenvalue weighted by Gasteiger charge is 2.24. The lowest BCUT2D eigenvalue weighted by molar-refractivity contribution is -0.112. The Hall–Kier alpha value is -2.86. The van der Waals surface area contributed by atoms with Crippen molar-refractivity contribution in [3.8, 4) is 17.0 Å². The summed E-state index contributed by atoms with van der Waals surface area (Å²) in [5.74, 6) is 1.12. The van der Waals surface area contributed by atoms with Crippen LogP contribution in [0.5, 0.6) is 5.75 Å². The van der Waals surface area contributed by atoms with E-state index >= 15 is 0 Å². The molecule has 0 bridgehead atoms. The average Bonchev–Trinajstić information content (AvgIpc) is 2.74. The second-order valence-electron chi connectivity index (χ2n) is 6.64. The number of hydrogen-bond donors (Lipinski definition) is 1. The predicted molar refractivity (Wildman–Crippen MR) is 121 cm³/mol. The molecule has 0 saturated heterocycles. The number of ether oxygens (including phenoxy) is 1. The summed E-state index contributed by atoms with van der Waals surface area (Å²) < 4.78 is 5.36. The van der Waals surface area contributed by atoms with Crippen LogP contribution in [0, 0.1) is 0 Å². The topological polar surface area (TPSA) is 64.1 Å². The second-order valence-corrected chi connectivity index (χ2v) is 7.48. The summed E-state index contributed by atoms with van der Waals surface area (Å²) in [4.78, 5) is 23.3. The fraction of sp³-hybridized carbons (Fsp3) is 0.261. The maximum absolute atomic E-state index is 12.6. The summed E-state index contributed by atoms with van der Waals surface area (Å²) in [6, 6.07) is 6.04. The van der Waals surface area contributed by atoms with E-state index in [-0.39, 0.29) is 5.91 Å². The number of methoxy groups -OCH3 is 1. The van der Waals surface area contributed by atoms with Gasteiger partial charge < -0.3 is 10.1 Å². The van der Waals surface area contributed by atoms with Crippen LogP contribution in [0.15, 0.2) is 48.6 Å². The Kier molecular flexibility index (Phi) is 6.54. The highest BCUT2D eigenvalue weighted by atomic mass is 32.2. The van der Waals surface area contributed by atoms with Gasteiger partial charge in [0.05, 0.1) is 18.5 Å². The minimum absolute atomic E-state index is 0.210. The fourth-order valence-corrected chi connectivity index (χ4v) is 3.89. The van der Waals surface area contributed by atoms with Crippen LogP contribution >= 0.6 is 11.8 Å². The van der Waals surface area contributed by atoms with E-state index < -0.39 is 0 Å². The van der Waals surface area contributed by atoms with Gasteiger partial charge in [0.1, 0.15) is 11.4 Å². The van der Waals surface area contributed by atoms with Crippen LogP contribution in [0.2, 0.25) is 0 Å².